The number of rotatable bonds is 6. The molecule has 0 radical (unpaired) electrons. The highest BCUT2D eigenvalue weighted by Crippen LogP contribution is 2.11. The number of unbranched alkanes of at least 4 members (excludes halogenated alkanes) is 1. The third-order valence-electron chi connectivity index (χ3n) is 2.41. The first-order valence-electron chi connectivity index (χ1n) is 5.83. The highest BCUT2D eigenvalue weighted by atomic mass is 16.1. The number of aryl methyl sites for hydroxylation is 1. The minimum Gasteiger partial charge on any atom is -0.387 e. The monoisotopic (exact) mass is 233 g/mol. The summed E-state index contributed by atoms with van der Waals surface area (Å²) in [7, 11) is 0. The quantitative estimate of drug-likeness (QED) is 0.520. The first-order valence-corrected chi connectivity index (χ1v) is 5.83. The zero-order valence-corrected chi connectivity index (χ0v) is 10.1. The van der Waals surface area contributed by atoms with E-state index in [1.807, 2.05) is 24.3 Å². The summed E-state index contributed by atoms with van der Waals surface area (Å²) in [6.07, 6.45) is 3.36. The Morgan fingerprint density at radius 2 is 2.00 bits per heavy atom. The number of nitrogens with one attached hydrogen (secondary N) is 2. The molecule has 0 heterocycles. The van der Waals surface area contributed by atoms with Crippen molar-refractivity contribution in [3.8, 4) is 0 Å². The fourth-order valence-corrected chi connectivity index (χ4v) is 1.51. The first-order chi connectivity index (χ1) is 8.11. The second kappa shape index (κ2) is 6.68. The van der Waals surface area contributed by atoms with Gasteiger partial charge in [-0.05, 0) is 30.5 Å². The Labute approximate surface area is 102 Å². The van der Waals surface area contributed by atoms with E-state index in [4.69, 9.17) is 11.1 Å². The van der Waals surface area contributed by atoms with Crippen LogP contribution in [0.15, 0.2) is 24.3 Å². The Kier molecular flexibility index (Phi) is 5.20. The number of amidine groups is 1. The summed E-state index contributed by atoms with van der Waals surface area (Å²) >= 11 is 0. The van der Waals surface area contributed by atoms with Gasteiger partial charge < -0.3 is 11.1 Å². The number of carbonyl (C=O) groups is 1. The highest BCUT2D eigenvalue weighted by Gasteiger charge is 2.03. The standard InChI is InChI=1S/C13H19N3O/c1-2-3-4-10-5-7-11(8-6-10)16-13(17)9-12(14)15/h5-8H,2-4,9H2,1H3,(H3,14,15)(H,16,17). The summed E-state index contributed by atoms with van der Waals surface area (Å²) in [5, 5.41) is 9.71. The van der Waals surface area contributed by atoms with Crippen LogP contribution in [0.25, 0.3) is 0 Å². The lowest BCUT2D eigenvalue weighted by atomic mass is 10.1. The predicted octanol–water partition coefficient (Wildman–Crippen LogP) is 2.29. The predicted molar refractivity (Wildman–Crippen MR) is 70.2 cm³/mol. The van der Waals surface area contributed by atoms with Gasteiger partial charge in [-0.1, -0.05) is 25.5 Å². The molecule has 0 bridgehead atoms. The van der Waals surface area contributed by atoms with Crippen molar-refractivity contribution in [1.82, 2.24) is 0 Å². The maximum atomic E-state index is 11.3. The van der Waals surface area contributed by atoms with Crippen molar-refractivity contribution >= 4 is 17.4 Å². The maximum Gasteiger partial charge on any atom is 0.231 e. The van der Waals surface area contributed by atoms with E-state index < -0.39 is 0 Å². The van der Waals surface area contributed by atoms with Crippen molar-refractivity contribution in [2.75, 3.05) is 5.32 Å². The minimum absolute atomic E-state index is 0.0580. The van der Waals surface area contributed by atoms with E-state index in [9.17, 15) is 4.79 Å². The van der Waals surface area contributed by atoms with E-state index in [-0.39, 0.29) is 18.2 Å². The van der Waals surface area contributed by atoms with Crippen molar-refractivity contribution in [3.05, 3.63) is 29.8 Å². The number of anilines is 1. The van der Waals surface area contributed by atoms with E-state index in [1.54, 1.807) is 0 Å². The van der Waals surface area contributed by atoms with Gasteiger partial charge in [-0.25, -0.2) is 0 Å². The molecule has 0 unspecified atom stereocenters. The van der Waals surface area contributed by atoms with E-state index in [1.165, 1.54) is 18.4 Å². The molecule has 0 aliphatic carbocycles. The van der Waals surface area contributed by atoms with Crippen LogP contribution in [0.4, 0.5) is 5.69 Å². The highest BCUT2D eigenvalue weighted by molar-refractivity contribution is 6.03. The van der Waals surface area contributed by atoms with Gasteiger partial charge in [-0.15, -0.1) is 0 Å². The Hall–Kier alpha value is -1.84. The molecule has 0 atom stereocenters. The number of hydrogen-bond acceptors (Lipinski definition) is 2. The number of nitrogens with two attached hydrogens (primary N) is 1. The molecule has 4 N–H and O–H groups in total. The summed E-state index contributed by atoms with van der Waals surface area (Å²) < 4.78 is 0. The molecule has 1 aromatic rings. The van der Waals surface area contributed by atoms with Gasteiger partial charge in [0.25, 0.3) is 0 Å². The van der Waals surface area contributed by atoms with Gasteiger partial charge >= 0.3 is 0 Å². The topological polar surface area (TPSA) is 79.0 Å². The summed E-state index contributed by atoms with van der Waals surface area (Å²) in [5.41, 5.74) is 7.17. The van der Waals surface area contributed by atoms with Gasteiger partial charge in [-0.3, -0.25) is 10.2 Å². The van der Waals surface area contributed by atoms with Crippen LogP contribution < -0.4 is 11.1 Å². The van der Waals surface area contributed by atoms with E-state index in [2.05, 4.69) is 12.2 Å². The zero-order chi connectivity index (χ0) is 12.7. The smallest absolute Gasteiger partial charge is 0.231 e. The number of benzene rings is 1. The Bertz CT molecular complexity index is 384. The SMILES string of the molecule is CCCCc1ccc(NC(=O)CC(=N)N)cc1. The zero-order valence-electron chi connectivity index (χ0n) is 10.1. The molecule has 0 fully saturated rings. The number of amides is 1. The van der Waals surface area contributed by atoms with Crippen molar-refractivity contribution < 1.29 is 4.79 Å². The number of carbonyl (C=O) groups excluding carboxylic acids is 1. The van der Waals surface area contributed by atoms with Crippen LogP contribution >= 0.6 is 0 Å². The molecule has 1 aromatic carbocycles. The fraction of sp³-hybridized carbons (Fsp3) is 0.385. The van der Waals surface area contributed by atoms with Crippen LogP contribution in [0.1, 0.15) is 31.7 Å². The van der Waals surface area contributed by atoms with Gasteiger partial charge in [0.1, 0.15) is 5.84 Å². The van der Waals surface area contributed by atoms with Crippen molar-refractivity contribution in [2.24, 2.45) is 5.73 Å². The molecular formula is C13H19N3O. The molecule has 92 valence electrons. The van der Waals surface area contributed by atoms with Crippen molar-refractivity contribution in [3.63, 3.8) is 0 Å². The van der Waals surface area contributed by atoms with Crippen LogP contribution in [0.2, 0.25) is 0 Å². The van der Waals surface area contributed by atoms with Gasteiger partial charge in [0.2, 0.25) is 5.91 Å². The second-order valence-electron chi connectivity index (χ2n) is 4.05. The molecular weight excluding hydrogens is 214 g/mol. The van der Waals surface area contributed by atoms with Gasteiger partial charge in [-0.2, -0.15) is 0 Å². The molecule has 0 aromatic heterocycles. The lowest BCUT2D eigenvalue weighted by Gasteiger charge is -2.05. The molecule has 4 nitrogen and oxygen atoms in total. The average molecular weight is 233 g/mol. The molecule has 0 saturated heterocycles. The van der Waals surface area contributed by atoms with Gasteiger partial charge in [0, 0.05) is 5.69 Å². The van der Waals surface area contributed by atoms with Crippen molar-refractivity contribution in [2.45, 2.75) is 32.6 Å². The summed E-state index contributed by atoms with van der Waals surface area (Å²) in [5.74, 6) is -0.374. The van der Waals surface area contributed by atoms with Crippen LogP contribution in [-0.2, 0) is 11.2 Å². The third kappa shape index (κ3) is 5.15. The molecule has 17 heavy (non-hydrogen) atoms. The van der Waals surface area contributed by atoms with E-state index in [0.29, 0.717) is 0 Å². The van der Waals surface area contributed by atoms with Crippen LogP contribution in [0.5, 0.6) is 0 Å². The van der Waals surface area contributed by atoms with Crippen LogP contribution in [-0.4, -0.2) is 11.7 Å². The van der Waals surface area contributed by atoms with Gasteiger partial charge in [0.15, 0.2) is 0 Å². The molecule has 0 spiro atoms. The Balaban J connectivity index is 2.50. The van der Waals surface area contributed by atoms with E-state index in [0.717, 1.165) is 12.1 Å². The second-order valence-corrected chi connectivity index (χ2v) is 4.05. The average Bonchev–Trinajstić information content (AvgIpc) is 2.27. The molecule has 0 aliphatic rings. The molecule has 4 heteroatoms. The summed E-state index contributed by atoms with van der Waals surface area (Å²) in [6, 6.07) is 7.78. The van der Waals surface area contributed by atoms with E-state index >= 15 is 0 Å². The Morgan fingerprint density at radius 1 is 1.35 bits per heavy atom. The fourth-order valence-electron chi connectivity index (χ4n) is 1.51. The molecule has 0 saturated carbocycles. The largest absolute Gasteiger partial charge is 0.387 e. The summed E-state index contributed by atoms with van der Waals surface area (Å²) in [4.78, 5) is 11.3. The Morgan fingerprint density at radius 3 is 2.53 bits per heavy atom. The normalized spacial score (nSPS) is 9.94. The lowest BCUT2D eigenvalue weighted by Crippen LogP contribution is -2.20. The molecule has 1 rings (SSSR count). The molecule has 0 aliphatic heterocycles. The van der Waals surface area contributed by atoms with Gasteiger partial charge in [0.05, 0.1) is 6.42 Å². The van der Waals surface area contributed by atoms with Crippen LogP contribution in [0, 0.1) is 5.41 Å². The molecule has 1 amide bonds. The lowest BCUT2D eigenvalue weighted by molar-refractivity contribution is -0.115. The van der Waals surface area contributed by atoms with Crippen molar-refractivity contribution in [1.29, 1.82) is 5.41 Å². The number of hydrogen-bond donors (Lipinski definition) is 3. The maximum absolute atomic E-state index is 11.3. The summed E-state index contributed by atoms with van der Waals surface area (Å²) in [6.45, 7) is 2.16. The third-order valence-corrected chi connectivity index (χ3v) is 2.41. The minimum atomic E-state index is -0.251. The first kappa shape index (κ1) is 13.2. The van der Waals surface area contributed by atoms with Crippen LogP contribution in [0.3, 0.4) is 0 Å².